The number of nitrogens with one attached hydrogen (secondary N) is 1. The van der Waals surface area contributed by atoms with Gasteiger partial charge in [-0.1, -0.05) is 27.7 Å². The van der Waals surface area contributed by atoms with Gasteiger partial charge in [0.25, 0.3) is 0 Å². The van der Waals surface area contributed by atoms with Crippen LogP contribution in [0.3, 0.4) is 0 Å². The number of ether oxygens (including phenoxy) is 1. The Kier molecular flexibility index (Phi) is 4.07. The lowest BCUT2D eigenvalue weighted by Gasteiger charge is -2.29. The second-order valence-electron chi connectivity index (χ2n) is 8.75. The Morgan fingerprint density at radius 2 is 1.81 bits per heavy atom. The van der Waals surface area contributed by atoms with Gasteiger partial charge in [-0.2, -0.15) is 0 Å². The van der Waals surface area contributed by atoms with E-state index in [1.807, 2.05) is 25.7 Å². The third-order valence-electron chi connectivity index (χ3n) is 5.58. The van der Waals surface area contributed by atoms with Crippen LogP contribution in [0.2, 0.25) is 0 Å². The molecule has 0 aromatic carbocycles. The van der Waals surface area contributed by atoms with Crippen LogP contribution in [0.1, 0.15) is 61.3 Å². The summed E-state index contributed by atoms with van der Waals surface area (Å²) in [5.74, 6) is 0. The van der Waals surface area contributed by atoms with E-state index in [-0.39, 0.29) is 12.1 Å². The summed E-state index contributed by atoms with van der Waals surface area (Å²) in [5, 5.41) is 3.68. The van der Waals surface area contributed by atoms with Crippen LogP contribution in [-0.4, -0.2) is 41.8 Å². The van der Waals surface area contributed by atoms with E-state index in [0.717, 1.165) is 25.9 Å². The van der Waals surface area contributed by atoms with Crippen LogP contribution >= 0.6 is 0 Å². The van der Waals surface area contributed by atoms with Crippen molar-refractivity contribution < 1.29 is 9.53 Å². The number of carbonyl (C=O) groups excluding carboxylic acids is 1. The van der Waals surface area contributed by atoms with Crippen LogP contribution in [0.25, 0.3) is 0 Å². The summed E-state index contributed by atoms with van der Waals surface area (Å²) < 4.78 is 5.52. The molecule has 0 aromatic heterocycles. The molecule has 1 atom stereocenters. The highest BCUT2D eigenvalue weighted by molar-refractivity contribution is 5.69. The van der Waals surface area contributed by atoms with Gasteiger partial charge in [-0.05, 0) is 44.4 Å². The first-order valence-corrected chi connectivity index (χ1v) is 8.20. The fraction of sp³-hybridized carbons (Fsp3) is 0.941. The molecule has 0 bridgehead atoms. The summed E-state index contributed by atoms with van der Waals surface area (Å²) in [6.07, 6.45) is 1.98. The van der Waals surface area contributed by atoms with E-state index >= 15 is 0 Å². The standard InChI is InChI=1S/C17H32N2O2/c1-15(2,3)21-14(20)19-10-8-9-12(19)11-18-13-16(4,5)17(13,6)7/h12-13,18H,8-11H2,1-7H3. The summed E-state index contributed by atoms with van der Waals surface area (Å²) in [4.78, 5) is 14.2. The zero-order chi connectivity index (χ0) is 16.1. The molecule has 1 saturated carbocycles. The van der Waals surface area contributed by atoms with Gasteiger partial charge >= 0.3 is 6.09 Å². The quantitative estimate of drug-likeness (QED) is 0.867. The first-order valence-electron chi connectivity index (χ1n) is 8.20. The van der Waals surface area contributed by atoms with Crippen LogP contribution in [-0.2, 0) is 4.74 Å². The van der Waals surface area contributed by atoms with E-state index in [9.17, 15) is 4.79 Å². The summed E-state index contributed by atoms with van der Waals surface area (Å²) in [5.41, 5.74) is 0.253. The van der Waals surface area contributed by atoms with Crippen LogP contribution < -0.4 is 5.32 Å². The summed E-state index contributed by atoms with van der Waals surface area (Å²) >= 11 is 0. The summed E-state index contributed by atoms with van der Waals surface area (Å²) in [7, 11) is 0. The average molecular weight is 296 g/mol. The van der Waals surface area contributed by atoms with E-state index in [1.165, 1.54) is 0 Å². The molecular formula is C17H32N2O2. The van der Waals surface area contributed by atoms with Crippen molar-refractivity contribution in [3.8, 4) is 0 Å². The molecule has 1 aliphatic carbocycles. The molecule has 21 heavy (non-hydrogen) atoms. The fourth-order valence-corrected chi connectivity index (χ4v) is 3.57. The number of carbonyl (C=O) groups is 1. The zero-order valence-electron chi connectivity index (χ0n) is 14.7. The molecule has 4 heteroatoms. The average Bonchev–Trinajstić information content (AvgIpc) is 2.68. The van der Waals surface area contributed by atoms with E-state index in [1.54, 1.807) is 0 Å². The Hall–Kier alpha value is -0.770. The summed E-state index contributed by atoms with van der Waals surface area (Å²) in [6.45, 7) is 16.7. The van der Waals surface area contributed by atoms with Gasteiger partial charge in [-0.25, -0.2) is 4.79 Å². The molecule has 1 aliphatic heterocycles. The van der Waals surface area contributed by atoms with Crippen molar-refractivity contribution in [3.63, 3.8) is 0 Å². The molecule has 0 spiro atoms. The van der Waals surface area contributed by atoms with Crippen LogP contribution in [0.4, 0.5) is 4.79 Å². The van der Waals surface area contributed by atoms with Crippen molar-refractivity contribution in [2.75, 3.05) is 13.1 Å². The predicted molar refractivity (Wildman–Crippen MR) is 85.3 cm³/mol. The van der Waals surface area contributed by atoms with E-state index in [2.05, 4.69) is 33.0 Å². The van der Waals surface area contributed by atoms with Crippen molar-refractivity contribution in [3.05, 3.63) is 0 Å². The third kappa shape index (κ3) is 3.20. The van der Waals surface area contributed by atoms with Crippen molar-refractivity contribution in [1.82, 2.24) is 10.2 Å². The molecule has 2 fully saturated rings. The molecule has 0 aromatic rings. The van der Waals surface area contributed by atoms with Crippen LogP contribution in [0.15, 0.2) is 0 Å². The van der Waals surface area contributed by atoms with Crippen molar-refractivity contribution in [2.45, 2.75) is 79.0 Å². The molecule has 4 nitrogen and oxygen atoms in total. The third-order valence-corrected chi connectivity index (χ3v) is 5.58. The fourth-order valence-electron chi connectivity index (χ4n) is 3.57. The molecule has 1 unspecified atom stereocenters. The maximum Gasteiger partial charge on any atom is 0.410 e. The largest absolute Gasteiger partial charge is 0.444 e. The molecule has 122 valence electrons. The molecule has 2 aliphatic rings. The topological polar surface area (TPSA) is 41.6 Å². The first-order chi connectivity index (χ1) is 9.47. The lowest BCUT2D eigenvalue weighted by atomic mass is 10.0. The van der Waals surface area contributed by atoms with E-state index < -0.39 is 5.60 Å². The highest BCUT2D eigenvalue weighted by Gasteiger charge is 2.64. The maximum absolute atomic E-state index is 12.3. The van der Waals surface area contributed by atoms with Gasteiger partial charge in [-0.15, -0.1) is 0 Å². The minimum Gasteiger partial charge on any atom is -0.444 e. The van der Waals surface area contributed by atoms with Gasteiger partial charge in [0.05, 0.1) is 0 Å². The monoisotopic (exact) mass is 296 g/mol. The van der Waals surface area contributed by atoms with Crippen molar-refractivity contribution in [1.29, 1.82) is 0 Å². The minimum atomic E-state index is -0.419. The Morgan fingerprint density at radius 1 is 1.24 bits per heavy atom. The molecule has 1 heterocycles. The minimum absolute atomic E-state index is 0.166. The lowest BCUT2D eigenvalue weighted by Crippen LogP contribution is -2.45. The number of nitrogens with zero attached hydrogens (tertiary/aromatic N) is 1. The van der Waals surface area contributed by atoms with Crippen LogP contribution in [0.5, 0.6) is 0 Å². The zero-order valence-corrected chi connectivity index (χ0v) is 14.7. The van der Waals surface area contributed by atoms with Gasteiger partial charge in [0.15, 0.2) is 0 Å². The Bertz CT molecular complexity index is 396. The number of rotatable bonds is 3. The second-order valence-corrected chi connectivity index (χ2v) is 8.75. The highest BCUT2D eigenvalue weighted by atomic mass is 16.6. The van der Waals surface area contributed by atoms with Crippen LogP contribution in [0, 0.1) is 10.8 Å². The molecule has 2 rings (SSSR count). The van der Waals surface area contributed by atoms with E-state index in [0.29, 0.717) is 16.9 Å². The lowest BCUT2D eigenvalue weighted by molar-refractivity contribution is 0.0226. The van der Waals surface area contributed by atoms with Gasteiger partial charge in [0.2, 0.25) is 0 Å². The number of amides is 1. The maximum atomic E-state index is 12.3. The number of likely N-dealkylation sites (tertiary alicyclic amines) is 1. The Morgan fingerprint density at radius 3 is 2.29 bits per heavy atom. The Labute approximate surface area is 129 Å². The van der Waals surface area contributed by atoms with Gasteiger partial charge in [-0.3, -0.25) is 0 Å². The normalized spacial score (nSPS) is 27.8. The number of hydrogen-bond donors (Lipinski definition) is 1. The van der Waals surface area contributed by atoms with E-state index in [4.69, 9.17) is 4.74 Å². The molecule has 0 radical (unpaired) electrons. The SMILES string of the molecule is CC(C)(C)OC(=O)N1CCCC1CNC1C(C)(C)C1(C)C. The van der Waals surface area contributed by atoms with Gasteiger partial charge in [0, 0.05) is 25.2 Å². The van der Waals surface area contributed by atoms with Gasteiger partial charge in [0.1, 0.15) is 5.60 Å². The van der Waals surface area contributed by atoms with Crippen molar-refractivity contribution in [2.24, 2.45) is 10.8 Å². The number of hydrogen-bond acceptors (Lipinski definition) is 3. The predicted octanol–water partition coefficient (Wildman–Crippen LogP) is 3.41. The Balaban J connectivity index is 1.87. The highest BCUT2D eigenvalue weighted by Crippen LogP contribution is 2.62. The second kappa shape index (κ2) is 5.15. The molecule has 1 saturated heterocycles. The van der Waals surface area contributed by atoms with Crippen molar-refractivity contribution >= 4 is 6.09 Å². The molecule has 1 amide bonds. The van der Waals surface area contributed by atoms with Gasteiger partial charge < -0.3 is 15.0 Å². The smallest absolute Gasteiger partial charge is 0.410 e. The molecular weight excluding hydrogens is 264 g/mol. The first kappa shape index (κ1) is 16.6. The molecule has 1 N–H and O–H groups in total. The summed E-state index contributed by atoms with van der Waals surface area (Å²) in [6, 6.07) is 0.804.